The number of thioether (sulfide) groups is 1. The Bertz CT molecular complexity index is 924. The summed E-state index contributed by atoms with van der Waals surface area (Å²) < 4.78 is 5.26. The molecule has 1 aliphatic heterocycles. The molecule has 1 atom stereocenters. The molecule has 0 spiro atoms. The molecule has 0 saturated carbocycles. The van der Waals surface area contributed by atoms with Crippen LogP contribution >= 0.6 is 11.8 Å². The summed E-state index contributed by atoms with van der Waals surface area (Å²) in [7, 11) is 1.48. The van der Waals surface area contributed by atoms with Gasteiger partial charge in [0.15, 0.2) is 11.4 Å². The smallest absolute Gasteiger partial charge is 0.248 e. The molecule has 136 valence electrons. The first kappa shape index (κ1) is 18.5. The second-order valence-electron chi connectivity index (χ2n) is 5.54. The molecule has 0 bridgehead atoms. The van der Waals surface area contributed by atoms with Gasteiger partial charge in [-0.15, -0.1) is 0 Å². The molecule has 3 rings (SSSR count). The number of carbonyl (C=O) groups excluding carboxylic acids is 2. The fourth-order valence-corrected chi connectivity index (χ4v) is 3.61. The first-order valence-electron chi connectivity index (χ1n) is 8.09. The van der Waals surface area contributed by atoms with E-state index in [2.05, 4.69) is 10.3 Å². The van der Waals surface area contributed by atoms with Gasteiger partial charge in [-0.2, -0.15) is 5.26 Å². The van der Waals surface area contributed by atoms with Crippen LogP contribution in [-0.2, 0) is 9.59 Å². The number of hydrogen-bond acceptors (Lipinski definition) is 6. The summed E-state index contributed by atoms with van der Waals surface area (Å²) in [6.45, 7) is 0. The fourth-order valence-electron chi connectivity index (χ4n) is 2.65. The Balaban J connectivity index is 1.83. The van der Waals surface area contributed by atoms with E-state index < -0.39 is 5.25 Å². The van der Waals surface area contributed by atoms with Crippen LogP contribution in [0.15, 0.2) is 59.6 Å². The van der Waals surface area contributed by atoms with Crippen LogP contribution in [-0.4, -0.2) is 29.3 Å². The molecule has 1 fully saturated rings. The Morgan fingerprint density at radius 3 is 2.63 bits per heavy atom. The van der Waals surface area contributed by atoms with E-state index in [0.717, 1.165) is 16.7 Å². The van der Waals surface area contributed by atoms with Crippen molar-refractivity contribution in [3.63, 3.8) is 0 Å². The van der Waals surface area contributed by atoms with Crippen molar-refractivity contribution in [2.75, 3.05) is 12.0 Å². The summed E-state index contributed by atoms with van der Waals surface area (Å²) in [4.78, 5) is 30.8. The SMILES string of the molecule is COc1ccccc1N1C(=O)C[C@H](SC(=Nc2ccccc2)NC#N)C1=O. The highest BCUT2D eigenvalue weighted by Crippen LogP contribution is 2.35. The number of rotatable bonds is 4. The molecule has 0 aliphatic carbocycles. The molecule has 2 aromatic carbocycles. The minimum atomic E-state index is -0.675. The predicted molar refractivity (Wildman–Crippen MR) is 104 cm³/mol. The van der Waals surface area contributed by atoms with Crippen molar-refractivity contribution in [2.45, 2.75) is 11.7 Å². The fraction of sp³-hybridized carbons (Fsp3) is 0.158. The van der Waals surface area contributed by atoms with E-state index in [4.69, 9.17) is 10.00 Å². The minimum Gasteiger partial charge on any atom is -0.495 e. The second kappa shape index (κ2) is 8.38. The number of ether oxygens (including phenoxy) is 1. The summed E-state index contributed by atoms with van der Waals surface area (Å²) in [5.41, 5.74) is 1.05. The Hall–Kier alpha value is -3.31. The number of nitrogens with one attached hydrogen (secondary N) is 1. The average Bonchev–Trinajstić information content (AvgIpc) is 2.96. The lowest BCUT2D eigenvalue weighted by molar-refractivity contribution is -0.121. The summed E-state index contributed by atoms with van der Waals surface area (Å²) in [6, 6.07) is 15.9. The number of hydrogen-bond donors (Lipinski definition) is 1. The van der Waals surface area contributed by atoms with E-state index in [1.165, 1.54) is 7.11 Å². The van der Waals surface area contributed by atoms with Gasteiger partial charge in [0, 0.05) is 6.42 Å². The van der Waals surface area contributed by atoms with Crippen molar-refractivity contribution in [1.29, 1.82) is 5.26 Å². The van der Waals surface area contributed by atoms with Crippen LogP contribution in [0.3, 0.4) is 0 Å². The quantitative estimate of drug-likeness (QED) is 0.288. The van der Waals surface area contributed by atoms with Crippen molar-refractivity contribution in [2.24, 2.45) is 4.99 Å². The maximum atomic E-state index is 12.8. The number of carbonyl (C=O) groups is 2. The van der Waals surface area contributed by atoms with Crippen molar-refractivity contribution in [3.05, 3.63) is 54.6 Å². The van der Waals surface area contributed by atoms with E-state index in [-0.39, 0.29) is 23.4 Å². The topological polar surface area (TPSA) is 94.8 Å². The van der Waals surface area contributed by atoms with Crippen molar-refractivity contribution in [3.8, 4) is 11.9 Å². The van der Waals surface area contributed by atoms with Gasteiger partial charge in [0.1, 0.15) is 11.0 Å². The summed E-state index contributed by atoms with van der Waals surface area (Å²) in [5.74, 6) is -0.244. The summed E-state index contributed by atoms with van der Waals surface area (Å²) in [6.07, 6.45) is 1.83. The number of nitriles is 1. The molecule has 1 heterocycles. The lowest BCUT2D eigenvalue weighted by atomic mass is 10.2. The monoisotopic (exact) mass is 380 g/mol. The zero-order valence-corrected chi connectivity index (χ0v) is 15.3. The average molecular weight is 380 g/mol. The molecule has 2 amide bonds. The molecule has 1 N–H and O–H groups in total. The molecule has 7 nitrogen and oxygen atoms in total. The van der Waals surface area contributed by atoms with Gasteiger partial charge in [-0.3, -0.25) is 14.9 Å². The molecule has 8 heteroatoms. The van der Waals surface area contributed by atoms with Gasteiger partial charge in [0.05, 0.1) is 18.5 Å². The number of benzene rings is 2. The summed E-state index contributed by atoms with van der Waals surface area (Å²) >= 11 is 1.06. The van der Waals surface area contributed by atoms with Crippen LogP contribution in [0, 0.1) is 11.5 Å². The van der Waals surface area contributed by atoms with Crippen LogP contribution in [0.4, 0.5) is 11.4 Å². The Morgan fingerprint density at radius 2 is 1.93 bits per heavy atom. The molecule has 0 unspecified atom stereocenters. The standard InChI is InChI=1S/C19H16N4O3S/c1-26-15-10-6-5-9-14(15)23-17(24)11-16(18(23)25)27-19(21-12-20)22-13-7-3-2-4-8-13/h2-10,16H,11H2,1H3,(H,21,22)/t16-/m0/s1. The van der Waals surface area contributed by atoms with Gasteiger partial charge in [-0.05, 0) is 24.3 Å². The zero-order valence-electron chi connectivity index (χ0n) is 14.5. The largest absolute Gasteiger partial charge is 0.495 e. The molecule has 27 heavy (non-hydrogen) atoms. The molecule has 2 aromatic rings. The van der Waals surface area contributed by atoms with Crippen LogP contribution in [0.5, 0.6) is 5.75 Å². The number of amides is 2. The number of aliphatic imine (C=N–C) groups is 1. The first-order chi connectivity index (χ1) is 13.1. The third-order valence-electron chi connectivity index (χ3n) is 3.83. The van der Waals surface area contributed by atoms with Crippen molar-refractivity contribution < 1.29 is 14.3 Å². The predicted octanol–water partition coefficient (Wildman–Crippen LogP) is 2.82. The van der Waals surface area contributed by atoms with E-state index in [9.17, 15) is 9.59 Å². The number of nitrogens with zero attached hydrogens (tertiary/aromatic N) is 3. The number of anilines is 1. The maximum absolute atomic E-state index is 12.8. The van der Waals surface area contributed by atoms with Crippen LogP contribution in [0.25, 0.3) is 0 Å². The van der Waals surface area contributed by atoms with Crippen molar-refractivity contribution in [1.82, 2.24) is 5.32 Å². The highest BCUT2D eigenvalue weighted by atomic mass is 32.2. The van der Waals surface area contributed by atoms with Crippen molar-refractivity contribution >= 4 is 40.1 Å². The van der Waals surface area contributed by atoms with Crippen LogP contribution < -0.4 is 15.0 Å². The van der Waals surface area contributed by atoms with E-state index >= 15 is 0 Å². The molecular formula is C19H16N4O3S. The van der Waals surface area contributed by atoms with Gasteiger partial charge >= 0.3 is 0 Å². The number of para-hydroxylation sites is 3. The Morgan fingerprint density at radius 1 is 1.22 bits per heavy atom. The summed E-state index contributed by atoms with van der Waals surface area (Å²) in [5, 5.41) is 11.0. The van der Waals surface area contributed by atoms with Crippen LogP contribution in [0.2, 0.25) is 0 Å². The van der Waals surface area contributed by atoms with E-state index in [1.807, 2.05) is 24.4 Å². The van der Waals surface area contributed by atoms with Gasteiger partial charge < -0.3 is 4.74 Å². The molecule has 1 aliphatic rings. The van der Waals surface area contributed by atoms with Gasteiger partial charge in [0.25, 0.3) is 0 Å². The highest BCUT2D eigenvalue weighted by Gasteiger charge is 2.41. The van der Waals surface area contributed by atoms with Gasteiger partial charge in [-0.25, -0.2) is 9.89 Å². The zero-order chi connectivity index (χ0) is 19.2. The highest BCUT2D eigenvalue weighted by molar-refractivity contribution is 8.15. The number of imide groups is 1. The maximum Gasteiger partial charge on any atom is 0.248 e. The Labute approximate surface area is 160 Å². The third kappa shape index (κ3) is 4.10. The molecule has 0 radical (unpaired) electrons. The Kier molecular flexibility index (Phi) is 5.74. The third-order valence-corrected chi connectivity index (χ3v) is 4.90. The van der Waals surface area contributed by atoms with Crippen LogP contribution in [0.1, 0.15) is 6.42 Å². The first-order valence-corrected chi connectivity index (χ1v) is 8.97. The number of methoxy groups -OCH3 is 1. The molecule has 0 aromatic heterocycles. The number of amidine groups is 1. The van der Waals surface area contributed by atoms with E-state index in [1.54, 1.807) is 36.4 Å². The van der Waals surface area contributed by atoms with E-state index in [0.29, 0.717) is 17.1 Å². The molecule has 1 saturated heterocycles. The lowest BCUT2D eigenvalue weighted by Crippen LogP contribution is -2.32. The van der Waals surface area contributed by atoms with Gasteiger partial charge in [-0.1, -0.05) is 42.1 Å². The molecular weight excluding hydrogens is 364 g/mol. The minimum absolute atomic E-state index is 0.0163. The lowest BCUT2D eigenvalue weighted by Gasteiger charge is -2.17. The normalized spacial score (nSPS) is 17.0. The second-order valence-corrected chi connectivity index (χ2v) is 6.73. The van der Waals surface area contributed by atoms with Gasteiger partial charge in [0.2, 0.25) is 11.8 Å².